The third-order valence-corrected chi connectivity index (χ3v) is 3.92. The van der Waals surface area contributed by atoms with Crippen molar-refractivity contribution in [3.05, 3.63) is 24.0 Å². The van der Waals surface area contributed by atoms with E-state index in [9.17, 15) is 0 Å². The van der Waals surface area contributed by atoms with E-state index in [1.165, 1.54) is 19.3 Å². The van der Waals surface area contributed by atoms with Crippen LogP contribution in [0.5, 0.6) is 0 Å². The number of rotatable bonds is 1. The van der Waals surface area contributed by atoms with Gasteiger partial charge in [0.25, 0.3) is 0 Å². The Balaban J connectivity index is 1.87. The van der Waals surface area contributed by atoms with Crippen LogP contribution in [0.15, 0.2) is 18.3 Å². The minimum atomic E-state index is 0.367. The molecule has 4 nitrogen and oxygen atoms in total. The van der Waals surface area contributed by atoms with E-state index >= 15 is 0 Å². The lowest BCUT2D eigenvalue weighted by Crippen LogP contribution is -2.52. The Morgan fingerprint density at radius 2 is 2.28 bits per heavy atom. The van der Waals surface area contributed by atoms with Gasteiger partial charge in [0.2, 0.25) is 0 Å². The van der Waals surface area contributed by atoms with Crippen molar-refractivity contribution < 1.29 is 4.74 Å². The van der Waals surface area contributed by atoms with Gasteiger partial charge < -0.3 is 9.64 Å². The van der Waals surface area contributed by atoms with E-state index in [2.05, 4.69) is 16.0 Å². The molecule has 18 heavy (non-hydrogen) atoms. The van der Waals surface area contributed by atoms with Gasteiger partial charge in [0, 0.05) is 18.4 Å². The van der Waals surface area contributed by atoms with Crippen molar-refractivity contribution in [2.75, 3.05) is 18.1 Å². The number of ether oxygens (including phenoxy) is 1. The second-order valence-corrected chi connectivity index (χ2v) is 4.97. The summed E-state index contributed by atoms with van der Waals surface area (Å²) >= 11 is 0. The first-order valence-electron chi connectivity index (χ1n) is 6.63. The van der Waals surface area contributed by atoms with Crippen LogP contribution >= 0.6 is 0 Å². The Labute approximate surface area is 107 Å². The molecule has 2 unspecified atom stereocenters. The molecule has 0 spiro atoms. The molecule has 0 radical (unpaired) electrons. The standard InChI is InChI=1S/C14H17N3O/c15-10-11-9-12(5-6-16-11)17-7-8-18-14-4-2-1-3-13(14)17/h5-6,9,13-14H,1-4,7-8H2. The van der Waals surface area contributed by atoms with E-state index in [1.54, 1.807) is 6.20 Å². The van der Waals surface area contributed by atoms with Crippen molar-refractivity contribution in [1.29, 1.82) is 5.26 Å². The second-order valence-electron chi connectivity index (χ2n) is 4.97. The molecule has 3 rings (SSSR count). The fourth-order valence-corrected chi connectivity index (χ4v) is 3.08. The van der Waals surface area contributed by atoms with Crippen molar-refractivity contribution >= 4 is 5.69 Å². The van der Waals surface area contributed by atoms with Gasteiger partial charge in [0.05, 0.1) is 18.8 Å². The van der Waals surface area contributed by atoms with E-state index in [0.717, 1.165) is 25.3 Å². The molecular weight excluding hydrogens is 226 g/mol. The number of hydrogen-bond donors (Lipinski definition) is 0. The van der Waals surface area contributed by atoms with Gasteiger partial charge in [-0.15, -0.1) is 0 Å². The van der Waals surface area contributed by atoms with Gasteiger partial charge in [-0.25, -0.2) is 4.98 Å². The third-order valence-electron chi connectivity index (χ3n) is 3.92. The Hall–Kier alpha value is -1.60. The molecule has 1 saturated carbocycles. The van der Waals surface area contributed by atoms with Crippen LogP contribution in [0, 0.1) is 11.3 Å². The summed E-state index contributed by atoms with van der Waals surface area (Å²) in [5, 5.41) is 8.94. The number of nitriles is 1. The summed E-state index contributed by atoms with van der Waals surface area (Å²) < 4.78 is 5.87. The summed E-state index contributed by atoms with van der Waals surface area (Å²) in [7, 11) is 0. The summed E-state index contributed by atoms with van der Waals surface area (Å²) in [6.45, 7) is 1.70. The SMILES string of the molecule is N#Cc1cc(N2CCOC3CCCCC32)ccn1. The lowest BCUT2D eigenvalue weighted by Gasteiger charge is -2.45. The fourth-order valence-electron chi connectivity index (χ4n) is 3.08. The maximum absolute atomic E-state index is 8.94. The van der Waals surface area contributed by atoms with Gasteiger partial charge in [0.1, 0.15) is 11.8 Å². The molecular formula is C14H17N3O. The van der Waals surface area contributed by atoms with Gasteiger partial charge in [-0.1, -0.05) is 12.8 Å². The summed E-state index contributed by atoms with van der Waals surface area (Å²) in [6, 6.07) is 6.47. The number of anilines is 1. The van der Waals surface area contributed by atoms with Gasteiger partial charge in [-0.3, -0.25) is 0 Å². The number of morpholine rings is 1. The minimum Gasteiger partial charge on any atom is -0.374 e. The molecule has 0 amide bonds. The summed E-state index contributed by atoms with van der Waals surface area (Å²) in [5.41, 5.74) is 1.60. The number of pyridine rings is 1. The molecule has 1 aromatic heterocycles. The zero-order chi connectivity index (χ0) is 12.4. The Morgan fingerprint density at radius 3 is 3.17 bits per heavy atom. The average Bonchev–Trinajstić information content (AvgIpc) is 2.47. The number of aromatic nitrogens is 1. The second kappa shape index (κ2) is 4.95. The summed E-state index contributed by atoms with van der Waals surface area (Å²) in [5.74, 6) is 0. The van der Waals surface area contributed by atoms with Crippen LogP contribution in [-0.2, 0) is 4.74 Å². The van der Waals surface area contributed by atoms with Crippen LogP contribution < -0.4 is 4.90 Å². The van der Waals surface area contributed by atoms with Gasteiger partial charge in [-0.2, -0.15) is 5.26 Å². The van der Waals surface area contributed by atoms with E-state index in [-0.39, 0.29) is 0 Å². The zero-order valence-electron chi connectivity index (χ0n) is 10.4. The van der Waals surface area contributed by atoms with Crippen LogP contribution in [0.2, 0.25) is 0 Å². The van der Waals surface area contributed by atoms with Gasteiger partial charge in [-0.05, 0) is 25.0 Å². The lowest BCUT2D eigenvalue weighted by molar-refractivity contribution is -0.00868. The highest BCUT2D eigenvalue weighted by Gasteiger charge is 2.34. The van der Waals surface area contributed by atoms with Crippen molar-refractivity contribution in [2.24, 2.45) is 0 Å². The van der Waals surface area contributed by atoms with Crippen LogP contribution in [0.4, 0.5) is 5.69 Å². The average molecular weight is 243 g/mol. The molecule has 0 N–H and O–H groups in total. The first kappa shape index (κ1) is 11.5. The fraction of sp³-hybridized carbons (Fsp3) is 0.571. The highest BCUT2D eigenvalue weighted by Crippen LogP contribution is 2.31. The van der Waals surface area contributed by atoms with E-state index in [1.807, 2.05) is 12.1 Å². The van der Waals surface area contributed by atoms with Gasteiger partial charge >= 0.3 is 0 Å². The largest absolute Gasteiger partial charge is 0.374 e. The predicted molar refractivity (Wildman–Crippen MR) is 68.3 cm³/mol. The normalized spacial score (nSPS) is 27.4. The molecule has 1 aromatic rings. The highest BCUT2D eigenvalue weighted by atomic mass is 16.5. The summed E-state index contributed by atoms with van der Waals surface area (Å²) in [4.78, 5) is 6.44. The van der Waals surface area contributed by atoms with E-state index in [0.29, 0.717) is 17.8 Å². The molecule has 2 heterocycles. The van der Waals surface area contributed by atoms with Crippen LogP contribution in [0.25, 0.3) is 0 Å². The summed E-state index contributed by atoms with van der Waals surface area (Å²) in [6.07, 6.45) is 6.99. The lowest BCUT2D eigenvalue weighted by atomic mass is 9.90. The molecule has 0 bridgehead atoms. The van der Waals surface area contributed by atoms with Crippen LogP contribution in [0.3, 0.4) is 0 Å². The van der Waals surface area contributed by atoms with Gasteiger partial charge in [0.15, 0.2) is 0 Å². The van der Waals surface area contributed by atoms with Crippen LogP contribution in [-0.4, -0.2) is 30.3 Å². The maximum atomic E-state index is 8.94. The molecule has 2 fully saturated rings. The van der Waals surface area contributed by atoms with Crippen LogP contribution in [0.1, 0.15) is 31.4 Å². The maximum Gasteiger partial charge on any atom is 0.142 e. The smallest absolute Gasteiger partial charge is 0.142 e. The first-order valence-corrected chi connectivity index (χ1v) is 6.63. The number of nitrogens with zero attached hydrogens (tertiary/aromatic N) is 3. The van der Waals surface area contributed by atoms with E-state index < -0.39 is 0 Å². The number of hydrogen-bond acceptors (Lipinski definition) is 4. The molecule has 1 aliphatic carbocycles. The Kier molecular flexibility index (Phi) is 3.16. The zero-order valence-corrected chi connectivity index (χ0v) is 10.4. The molecule has 1 aliphatic heterocycles. The third kappa shape index (κ3) is 2.06. The molecule has 1 saturated heterocycles. The molecule has 2 aliphatic rings. The predicted octanol–water partition coefficient (Wildman–Crippen LogP) is 2.10. The van der Waals surface area contributed by atoms with Crippen molar-refractivity contribution in [3.8, 4) is 6.07 Å². The van der Waals surface area contributed by atoms with Crippen molar-refractivity contribution in [2.45, 2.75) is 37.8 Å². The Morgan fingerprint density at radius 1 is 1.39 bits per heavy atom. The van der Waals surface area contributed by atoms with Crippen molar-refractivity contribution in [1.82, 2.24) is 4.98 Å². The quantitative estimate of drug-likeness (QED) is 0.758. The molecule has 0 aromatic carbocycles. The van der Waals surface area contributed by atoms with Crippen molar-refractivity contribution in [3.63, 3.8) is 0 Å². The molecule has 2 atom stereocenters. The molecule has 94 valence electrons. The minimum absolute atomic E-state index is 0.367. The topological polar surface area (TPSA) is 49.2 Å². The number of fused-ring (bicyclic) bond motifs is 1. The Bertz CT molecular complexity index is 466. The highest BCUT2D eigenvalue weighted by molar-refractivity contribution is 5.50. The monoisotopic (exact) mass is 243 g/mol. The van der Waals surface area contributed by atoms with E-state index in [4.69, 9.17) is 10.00 Å². The molecule has 4 heteroatoms. The first-order chi connectivity index (χ1) is 8.88.